The minimum Gasteiger partial charge on any atom is -0.477 e. The largest absolute Gasteiger partial charge is 0.477 e. The van der Waals surface area contributed by atoms with Gasteiger partial charge < -0.3 is 65.3 Å². The summed E-state index contributed by atoms with van der Waals surface area (Å²) in [4.78, 5) is 22.9. The van der Waals surface area contributed by atoms with Gasteiger partial charge in [-0.3, -0.25) is 0 Å². The zero-order chi connectivity index (χ0) is 23.7. The van der Waals surface area contributed by atoms with Crippen LogP contribution in [0.2, 0.25) is 0 Å². The number of carboxylic acid groups (broad SMARTS) is 2. The normalized spacial score (nSPS) is 43.2. The quantitative estimate of drug-likeness (QED) is 0.162. The van der Waals surface area contributed by atoms with E-state index in [9.17, 15) is 50.4 Å². The molecule has 0 amide bonds. The first-order chi connectivity index (χ1) is 14.3. The van der Waals surface area contributed by atoms with E-state index in [1.54, 1.807) is 0 Å². The van der Waals surface area contributed by atoms with Gasteiger partial charge in [-0.2, -0.15) is 0 Å². The highest BCUT2D eigenvalue weighted by molar-refractivity contribution is 5.76. The monoisotopic (exact) mass is 458 g/mol. The molecule has 0 aromatic heterocycles. The third-order valence-corrected chi connectivity index (χ3v) is 5.18. The highest BCUT2D eigenvalue weighted by Gasteiger charge is 2.56. The number of rotatable bonds is 8. The van der Waals surface area contributed by atoms with Gasteiger partial charge in [0.25, 0.3) is 11.6 Å². The minimum absolute atomic E-state index is 0.874. The number of ether oxygens (including phenoxy) is 3. The fraction of sp³-hybridized carbons (Fsp3) is 0.875. The predicted molar refractivity (Wildman–Crippen MR) is 91.0 cm³/mol. The third-order valence-electron chi connectivity index (χ3n) is 5.18. The molecule has 2 rings (SSSR count). The zero-order valence-electron chi connectivity index (χ0n) is 16.0. The second kappa shape index (κ2) is 9.55. The van der Waals surface area contributed by atoms with Crippen molar-refractivity contribution in [2.45, 2.75) is 73.2 Å². The summed E-state index contributed by atoms with van der Waals surface area (Å²) >= 11 is 0. The van der Waals surface area contributed by atoms with Crippen molar-refractivity contribution in [1.29, 1.82) is 0 Å². The van der Waals surface area contributed by atoms with Crippen LogP contribution in [0.1, 0.15) is 12.8 Å². The molecule has 2 aliphatic heterocycles. The van der Waals surface area contributed by atoms with E-state index in [4.69, 9.17) is 24.4 Å². The highest BCUT2D eigenvalue weighted by atomic mass is 16.7. The lowest BCUT2D eigenvalue weighted by Gasteiger charge is -2.45. The van der Waals surface area contributed by atoms with Crippen LogP contribution in [0.15, 0.2) is 0 Å². The van der Waals surface area contributed by atoms with Crippen LogP contribution in [-0.4, -0.2) is 137 Å². The molecule has 0 bridgehead atoms. The first-order valence-corrected chi connectivity index (χ1v) is 9.16. The molecule has 10 atom stereocenters. The molecule has 15 heteroatoms. The van der Waals surface area contributed by atoms with Crippen LogP contribution in [-0.2, 0) is 23.8 Å². The number of aliphatic hydroxyl groups is 8. The number of hydrogen-bond donors (Lipinski definition) is 10. The zero-order valence-corrected chi connectivity index (χ0v) is 16.0. The van der Waals surface area contributed by atoms with Crippen molar-refractivity contribution in [3.05, 3.63) is 0 Å². The maximum atomic E-state index is 11.8. The van der Waals surface area contributed by atoms with Crippen LogP contribution >= 0.6 is 0 Å². The Hall–Kier alpha value is -1.50. The Balaban J connectivity index is 2.19. The van der Waals surface area contributed by atoms with Crippen molar-refractivity contribution in [1.82, 2.24) is 0 Å². The maximum absolute atomic E-state index is 11.8. The molecule has 2 heterocycles. The number of aliphatic carboxylic acids is 2. The molecule has 0 aromatic rings. The van der Waals surface area contributed by atoms with Crippen LogP contribution in [0, 0.1) is 0 Å². The van der Waals surface area contributed by atoms with Crippen molar-refractivity contribution in [2.24, 2.45) is 0 Å². The Bertz CT molecular complexity index is 659. The highest BCUT2D eigenvalue weighted by Crippen LogP contribution is 2.34. The van der Waals surface area contributed by atoms with Gasteiger partial charge in [0.1, 0.15) is 36.6 Å². The number of hydrogen-bond acceptors (Lipinski definition) is 13. The van der Waals surface area contributed by atoms with Crippen LogP contribution in [0.4, 0.5) is 0 Å². The fourth-order valence-corrected chi connectivity index (χ4v) is 3.38. The maximum Gasteiger partial charge on any atom is 0.364 e. The molecule has 0 aromatic carbocycles. The second-order valence-electron chi connectivity index (χ2n) is 7.46. The van der Waals surface area contributed by atoms with E-state index in [1.165, 1.54) is 0 Å². The van der Waals surface area contributed by atoms with E-state index in [0.29, 0.717) is 0 Å². The molecular weight excluding hydrogens is 432 g/mol. The molecule has 15 nitrogen and oxygen atoms in total. The van der Waals surface area contributed by atoms with Crippen molar-refractivity contribution in [3.8, 4) is 0 Å². The van der Waals surface area contributed by atoms with Gasteiger partial charge in [-0.25, -0.2) is 9.59 Å². The van der Waals surface area contributed by atoms with Gasteiger partial charge >= 0.3 is 11.9 Å². The summed E-state index contributed by atoms with van der Waals surface area (Å²) in [6, 6.07) is 0. The lowest BCUT2D eigenvalue weighted by molar-refractivity contribution is -0.338. The summed E-state index contributed by atoms with van der Waals surface area (Å²) in [5, 5.41) is 97.2. The molecule has 0 spiro atoms. The molecule has 2 saturated heterocycles. The molecular formula is C16H26O15. The van der Waals surface area contributed by atoms with Crippen molar-refractivity contribution in [2.75, 3.05) is 13.2 Å². The van der Waals surface area contributed by atoms with Crippen molar-refractivity contribution < 1.29 is 74.9 Å². The van der Waals surface area contributed by atoms with Crippen molar-refractivity contribution in [3.63, 3.8) is 0 Å². The van der Waals surface area contributed by atoms with Crippen LogP contribution < -0.4 is 0 Å². The lowest BCUT2D eigenvalue weighted by atomic mass is 9.92. The number of carbonyl (C=O) groups is 2. The Morgan fingerprint density at radius 1 is 0.903 bits per heavy atom. The van der Waals surface area contributed by atoms with E-state index in [0.717, 1.165) is 0 Å². The van der Waals surface area contributed by atoms with E-state index in [-0.39, 0.29) is 0 Å². The van der Waals surface area contributed by atoms with E-state index < -0.39 is 98.4 Å². The topological polar surface area (TPSA) is 264 Å². The Kier molecular flexibility index (Phi) is 7.94. The van der Waals surface area contributed by atoms with Crippen molar-refractivity contribution >= 4 is 11.9 Å². The summed E-state index contributed by atoms with van der Waals surface area (Å²) in [6.45, 7) is -2.00. The molecule has 2 fully saturated rings. The molecule has 1 unspecified atom stereocenters. The van der Waals surface area contributed by atoms with E-state index in [2.05, 4.69) is 0 Å². The molecule has 0 aliphatic carbocycles. The summed E-state index contributed by atoms with van der Waals surface area (Å²) in [7, 11) is 0. The first-order valence-electron chi connectivity index (χ1n) is 9.16. The Morgan fingerprint density at radius 2 is 1.42 bits per heavy atom. The number of carboxylic acids is 2. The van der Waals surface area contributed by atoms with Gasteiger partial charge in [-0.15, -0.1) is 0 Å². The standard InChI is InChI=1S/C16H26O15/c17-3-7(20)11-10(23)6(19)2-16(31-11,14(26)27)29-4-8(21)12-9(22)5(18)1-15(28,30-12)13(24)25/h5-12,17-23,28H,1-4H2,(H,24,25)(H,26,27)/t5-,6-,7-,8-,9-,10-,11-,12-,15?,16-/m1/s1. The van der Waals surface area contributed by atoms with E-state index in [1.807, 2.05) is 0 Å². The molecule has 31 heavy (non-hydrogen) atoms. The SMILES string of the molecule is O=C(O)C1(O)C[C@@H](O)[C@@H](O)[C@@H]([C@H](O)CO[C@]2(C(=O)O)C[C@@H](O)[C@@H](O)[C@@H]([C@H](O)CO)O2)O1. The fourth-order valence-electron chi connectivity index (χ4n) is 3.38. The van der Waals surface area contributed by atoms with Crippen LogP contribution in [0.25, 0.3) is 0 Å². The summed E-state index contributed by atoms with van der Waals surface area (Å²) in [5.74, 6) is -9.44. The second-order valence-corrected chi connectivity index (χ2v) is 7.46. The third kappa shape index (κ3) is 5.12. The molecule has 0 saturated carbocycles. The average Bonchev–Trinajstić information content (AvgIpc) is 2.70. The summed E-state index contributed by atoms with van der Waals surface area (Å²) in [6.07, 6.45) is -16.6. The lowest BCUT2D eigenvalue weighted by Crippen LogP contribution is -2.64. The van der Waals surface area contributed by atoms with Gasteiger partial charge in [-0.05, 0) is 0 Å². The minimum atomic E-state index is -2.95. The Labute approximate surface area is 174 Å². The number of aliphatic hydroxyl groups excluding tert-OH is 7. The average molecular weight is 458 g/mol. The summed E-state index contributed by atoms with van der Waals surface area (Å²) in [5.41, 5.74) is 0. The van der Waals surface area contributed by atoms with Gasteiger partial charge in [0.15, 0.2) is 0 Å². The predicted octanol–water partition coefficient (Wildman–Crippen LogP) is -5.71. The Morgan fingerprint density at radius 3 is 1.90 bits per heavy atom. The van der Waals surface area contributed by atoms with Gasteiger partial charge in [0.2, 0.25) is 0 Å². The van der Waals surface area contributed by atoms with Gasteiger partial charge in [-0.1, -0.05) is 0 Å². The molecule has 0 radical (unpaired) electrons. The molecule has 2 aliphatic rings. The molecule has 10 N–H and O–H groups in total. The van der Waals surface area contributed by atoms with Crippen LogP contribution in [0.3, 0.4) is 0 Å². The summed E-state index contributed by atoms with van der Waals surface area (Å²) < 4.78 is 14.9. The van der Waals surface area contributed by atoms with Gasteiger partial charge in [0.05, 0.1) is 25.4 Å². The van der Waals surface area contributed by atoms with E-state index >= 15 is 0 Å². The molecule has 180 valence electrons. The van der Waals surface area contributed by atoms with Gasteiger partial charge in [0, 0.05) is 12.8 Å². The smallest absolute Gasteiger partial charge is 0.364 e. The van der Waals surface area contributed by atoms with Crippen LogP contribution in [0.5, 0.6) is 0 Å². The first kappa shape index (κ1) is 25.8.